The van der Waals surface area contributed by atoms with Crippen LogP contribution in [0.1, 0.15) is 0 Å². The van der Waals surface area contributed by atoms with E-state index in [-0.39, 0.29) is 0 Å². The molecule has 52 heavy (non-hydrogen) atoms. The number of para-hydroxylation sites is 1. The van der Waals surface area contributed by atoms with Gasteiger partial charge in [-0.25, -0.2) is 0 Å². The van der Waals surface area contributed by atoms with Gasteiger partial charge in [0, 0.05) is 37.1 Å². The maximum absolute atomic E-state index is 2.39. The zero-order valence-electron chi connectivity index (χ0n) is 28.4. The molecule has 0 radical (unpaired) electrons. The second kappa shape index (κ2) is 12.7. The van der Waals surface area contributed by atoms with Crippen LogP contribution < -0.4 is 4.90 Å². The predicted molar refractivity (Wildman–Crippen MR) is 225 cm³/mol. The van der Waals surface area contributed by atoms with Crippen molar-refractivity contribution in [3.05, 3.63) is 200 Å². The van der Waals surface area contributed by atoms with Crippen LogP contribution in [-0.4, -0.2) is 0 Å². The highest BCUT2D eigenvalue weighted by molar-refractivity contribution is 7.25. The minimum absolute atomic E-state index is 1.11. The molecule has 0 aliphatic rings. The molecule has 0 spiro atoms. The highest BCUT2D eigenvalue weighted by atomic mass is 32.1. The van der Waals surface area contributed by atoms with Crippen LogP contribution in [0.4, 0.5) is 17.1 Å². The number of fused-ring (bicyclic) bond motifs is 5. The van der Waals surface area contributed by atoms with Gasteiger partial charge >= 0.3 is 0 Å². The van der Waals surface area contributed by atoms with Crippen LogP contribution in [0.15, 0.2) is 200 Å². The SMILES string of the molecule is c1ccc(-c2ccc(N(c3ccc(-c4ccc5cc6sc7ccccc7c6cc5c4)cc3)c3ccccc3-c3ccc4ccccc4c3)cc2)cc1. The van der Waals surface area contributed by atoms with Crippen LogP contribution in [0.25, 0.3) is 75.1 Å². The Bertz CT molecular complexity index is 2890. The maximum atomic E-state index is 2.39. The van der Waals surface area contributed by atoms with E-state index >= 15 is 0 Å². The fourth-order valence-corrected chi connectivity index (χ4v) is 8.72. The topological polar surface area (TPSA) is 3.24 Å². The summed E-state index contributed by atoms with van der Waals surface area (Å²) in [5.41, 5.74) is 10.6. The van der Waals surface area contributed by atoms with Crippen molar-refractivity contribution in [2.24, 2.45) is 0 Å². The van der Waals surface area contributed by atoms with Gasteiger partial charge in [0.15, 0.2) is 0 Å². The molecule has 0 aliphatic heterocycles. The van der Waals surface area contributed by atoms with Gasteiger partial charge in [0.1, 0.15) is 0 Å². The van der Waals surface area contributed by atoms with Crippen molar-refractivity contribution < 1.29 is 0 Å². The second-order valence-electron chi connectivity index (χ2n) is 13.4. The number of thiophene rings is 1. The fourth-order valence-electron chi connectivity index (χ4n) is 7.58. The Labute approximate surface area is 307 Å². The summed E-state index contributed by atoms with van der Waals surface area (Å²) in [5.74, 6) is 0. The first kappa shape index (κ1) is 30.4. The van der Waals surface area contributed by atoms with Gasteiger partial charge in [-0.1, -0.05) is 140 Å². The van der Waals surface area contributed by atoms with Crippen LogP contribution in [0.5, 0.6) is 0 Å². The monoisotopic (exact) mass is 679 g/mol. The standard InChI is InChI=1S/C50H33NS/c1-2-10-34(11-3-1)36-22-26-43(27-23-36)51(48-16-8-6-14-45(48)41-21-18-35-12-4-5-13-38(35)30-41)44-28-24-37(25-29-44)39-19-20-40-33-50-47(32-42(40)31-39)46-15-7-9-17-49(46)52-50/h1-33H. The molecule has 0 saturated heterocycles. The summed E-state index contributed by atoms with van der Waals surface area (Å²) in [7, 11) is 0. The fraction of sp³-hybridized carbons (Fsp3) is 0. The third-order valence-corrected chi connectivity index (χ3v) is 11.4. The number of hydrogen-bond acceptors (Lipinski definition) is 2. The van der Waals surface area contributed by atoms with E-state index in [9.17, 15) is 0 Å². The van der Waals surface area contributed by atoms with Gasteiger partial charge in [-0.3, -0.25) is 0 Å². The molecule has 0 fully saturated rings. The number of rotatable bonds is 6. The molecule has 1 aromatic heterocycles. The minimum Gasteiger partial charge on any atom is -0.310 e. The summed E-state index contributed by atoms with van der Waals surface area (Å²) < 4.78 is 2.68. The highest BCUT2D eigenvalue weighted by Gasteiger charge is 2.18. The van der Waals surface area contributed by atoms with Crippen molar-refractivity contribution in [1.29, 1.82) is 0 Å². The molecular weight excluding hydrogens is 647 g/mol. The van der Waals surface area contributed by atoms with Crippen molar-refractivity contribution in [2.45, 2.75) is 0 Å². The first-order valence-corrected chi connectivity index (χ1v) is 18.6. The zero-order valence-corrected chi connectivity index (χ0v) is 29.2. The number of hydrogen-bond donors (Lipinski definition) is 0. The minimum atomic E-state index is 1.11. The van der Waals surface area contributed by atoms with Crippen molar-refractivity contribution in [1.82, 2.24) is 0 Å². The first-order valence-electron chi connectivity index (χ1n) is 17.7. The van der Waals surface area contributed by atoms with Crippen LogP contribution in [-0.2, 0) is 0 Å². The van der Waals surface area contributed by atoms with E-state index in [0.29, 0.717) is 0 Å². The first-order chi connectivity index (χ1) is 25.7. The van der Waals surface area contributed by atoms with E-state index in [4.69, 9.17) is 0 Å². The van der Waals surface area contributed by atoms with Crippen LogP contribution in [0.3, 0.4) is 0 Å². The molecule has 0 unspecified atom stereocenters. The largest absolute Gasteiger partial charge is 0.310 e. The highest BCUT2D eigenvalue weighted by Crippen LogP contribution is 2.43. The van der Waals surface area contributed by atoms with Crippen molar-refractivity contribution in [3.8, 4) is 33.4 Å². The van der Waals surface area contributed by atoms with Gasteiger partial charge in [-0.05, 0) is 110 Å². The van der Waals surface area contributed by atoms with Crippen LogP contribution in [0, 0.1) is 0 Å². The van der Waals surface area contributed by atoms with Gasteiger partial charge in [0.05, 0.1) is 5.69 Å². The molecule has 10 aromatic rings. The van der Waals surface area contributed by atoms with Crippen molar-refractivity contribution in [2.75, 3.05) is 4.90 Å². The molecule has 0 N–H and O–H groups in total. The Hall–Kier alpha value is -6.48. The van der Waals surface area contributed by atoms with Gasteiger partial charge in [0.2, 0.25) is 0 Å². The van der Waals surface area contributed by atoms with Gasteiger partial charge < -0.3 is 4.90 Å². The van der Waals surface area contributed by atoms with E-state index in [2.05, 4.69) is 205 Å². The van der Waals surface area contributed by atoms with Crippen LogP contribution in [0.2, 0.25) is 0 Å². The summed E-state index contributed by atoms with van der Waals surface area (Å²) in [6.45, 7) is 0. The molecule has 9 aromatic carbocycles. The van der Waals surface area contributed by atoms with Gasteiger partial charge in [-0.2, -0.15) is 0 Å². The molecule has 1 nitrogen and oxygen atoms in total. The Kier molecular flexibility index (Phi) is 7.41. The van der Waals surface area contributed by atoms with Crippen LogP contribution >= 0.6 is 11.3 Å². The summed E-state index contributed by atoms with van der Waals surface area (Å²) in [5, 5.41) is 7.69. The molecule has 0 atom stereocenters. The van der Waals surface area contributed by atoms with Gasteiger partial charge in [-0.15, -0.1) is 11.3 Å². The number of nitrogens with zero attached hydrogens (tertiary/aromatic N) is 1. The smallest absolute Gasteiger partial charge is 0.0540 e. The van der Waals surface area contributed by atoms with E-state index in [1.54, 1.807) is 0 Å². The lowest BCUT2D eigenvalue weighted by atomic mass is 9.97. The number of benzene rings is 9. The second-order valence-corrected chi connectivity index (χ2v) is 14.5. The van der Waals surface area contributed by atoms with Crippen molar-refractivity contribution >= 4 is 70.1 Å². The summed E-state index contributed by atoms with van der Waals surface area (Å²) in [4.78, 5) is 2.39. The van der Waals surface area contributed by atoms with E-state index in [1.165, 1.54) is 75.1 Å². The molecule has 1 heterocycles. The average molecular weight is 680 g/mol. The van der Waals surface area contributed by atoms with Crippen molar-refractivity contribution in [3.63, 3.8) is 0 Å². The lowest BCUT2D eigenvalue weighted by Crippen LogP contribution is -2.11. The predicted octanol–water partition coefficient (Wildman–Crippen LogP) is 14.8. The Balaban J connectivity index is 1.07. The van der Waals surface area contributed by atoms with Gasteiger partial charge in [0.25, 0.3) is 0 Å². The summed E-state index contributed by atoms with van der Waals surface area (Å²) in [6.07, 6.45) is 0. The van der Waals surface area contributed by atoms with E-state index < -0.39 is 0 Å². The molecule has 0 aliphatic carbocycles. The number of anilines is 3. The summed E-state index contributed by atoms with van der Waals surface area (Å²) in [6, 6.07) is 73.0. The Morgan fingerprint density at radius 3 is 1.67 bits per heavy atom. The third kappa shape index (κ3) is 5.42. The molecule has 0 saturated carbocycles. The van der Waals surface area contributed by atoms with E-state index in [0.717, 1.165) is 17.1 Å². The van der Waals surface area contributed by atoms with E-state index in [1.807, 2.05) is 11.3 Å². The quantitative estimate of drug-likeness (QED) is 0.169. The molecule has 244 valence electrons. The molecule has 0 bridgehead atoms. The molecular formula is C50H33NS. The lowest BCUT2D eigenvalue weighted by Gasteiger charge is -2.28. The Morgan fingerprint density at radius 2 is 0.865 bits per heavy atom. The normalized spacial score (nSPS) is 11.5. The third-order valence-electron chi connectivity index (χ3n) is 10.2. The Morgan fingerprint density at radius 1 is 0.308 bits per heavy atom. The maximum Gasteiger partial charge on any atom is 0.0540 e. The molecule has 2 heteroatoms. The summed E-state index contributed by atoms with van der Waals surface area (Å²) >= 11 is 1.87. The molecule has 0 amide bonds. The molecule has 10 rings (SSSR count). The average Bonchev–Trinajstić information content (AvgIpc) is 3.58. The zero-order chi connectivity index (χ0) is 34.4. The lowest BCUT2D eigenvalue weighted by molar-refractivity contribution is 1.28.